The van der Waals surface area contributed by atoms with Gasteiger partial charge in [0.1, 0.15) is 5.75 Å². The van der Waals surface area contributed by atoms with Gasteiger partial charge in [0.2, 0.25) is 0 Å². The lowest BCUT2D eigenvalue weighted by Crippen LogP contribution is -2.24. The topological polar surface area (TPSA) is 30.3 Å². The second kappa shape index (κ2) is 7.92. The maximum atomic E-state index is 5.65. The molecule has 1 aliphatic heterocycles. The fourth-order valence-corrected chi connectivity index (χ4v) is 5.33. The summed E-state index contributed by atoms with van der Waals surface area (Å²) in [4.78, 5) is 3.84. The zero-order chi connectivity index (χ0) is 19.7. The van der Waals surface area contributed by atoms with E-state index in [-0.39, 0.29) is 0 Å². The molecule has 1 atom stereocenters. The number of methoxy groups -OCH3 is 1. The Kier molecular flexibility index (Phi) is 5.36. The van der Waals surface area contributed by atoms with E-state index in [4.69, 9.17) is 4.74 Å². The van der Waals surface area contributed by atoms with E-state index < -0.39 is 0 Å². The van der Waals surface area contributed by atoms with Gasteiger partial charge in [-0.05, 0) is 44.0 Å². The molecule has 4 rings (SSSR count). The molecular formula is C23H27N3OS. The summed E-state index contributed by atoms with van der Waals surface area (Å²) in [6.07, 6.45) is 3.21. The molecule has 0 spiro atoms. The number of para-hydroxylation sites is 1. The first-order valence-corrected chi connectivity index (χ1v) is 10.6. The third-order valence-electron chi connectivity index (χ3n) is 5.35. The number of fused-ring (bicyclic) bond motifs is 1. The minimum atomic E-state index is 0.372. The van der Waals surface area contributed by atoms with Gasteiger partial charge >= 0.3 is 0 Å². The second-order valence-corrected chi connectivity index (χ2v) is 8.69. The van der Waals surface area contributed by atoms with Crippen LogP contribution in [0.1, 0.15) is 34.1 Å². The van der Waals surface area contributed by atoms with Crippen molar-refractivity contribution in [2.45, 2.75) is 37.0 Å². The van der Waals surface area contributed by atoms with E-state index >= 15 is 0 Å². The number of hydrogen-bond acceptors (Lipinski definition) is 4. The molecule has 2 heterocycles. The lowest BCUT2D eigenvalue weighted by molar-refractivity contribution is 0.409. The van der Waals surface area contributed by atoms with Crippen molar-refractivity contribution in [1.29, 1.82) is 0 Å². The molecule has 0 bridgehead atoms. The molecule has 4 nitrogen and oxygen atoms in total. The molecule has 0 radical (unpaired) electrons. The number of aromatic nitrogens is 2. The highest BCUT2D eigenvalue weighted by molar-refractivity contribution is 7.99. The number of thioether (sulfide) groups is 1. The first-order chi connectivity index (χ1) is 13.5. The maximum Gasteiger partial charge on any atom is 0.123 e. The summed E-state index contributed by atoms with van der Waals surface area (Å²) >= 11 is 1.96. The SMILES string of the molecule is COc1ccccc1[C@H]1CCN(Cc2cn(C)nc2C)c2ccc(C)cc2S1. The first-order valence-electron chi connectivity index (χ1n) is 9.69. The van der Waals surface area contributed by atoms with Gasteiger partial charge in [-0.2, -0.15) is 5.10 Å². The number of nitrogens with zero attached hydrogens (tertiary/aromatic N) is 3. The predicted octanol–water partition coefficient (Wildman–Crippen LogP) is 5.29. The van der Waals surface area contributed by atoms with Gasteiger partial charge in [0.25, 0.3) is 0 Å². The van der Waals surface area contributed by atoms with Crippen LogP contribution in [-0.4, -0.2) is 23.4 Å². The zero-order valence-electron chi connectivity index (χ0n) is 17.0. The van der Waals surface area contributed by atoms with Crippen molar-refractivity contribution >= 4 is 17.4 Å². The molecule has 5 heteroatoms. The van der Waals surface area contributed by atoms with Crippen LogP contribution < -0.4 is 9.64 Å². The van der Waals surface area contributed by atoms with E-state index in [0.717, 1.165) is 31.0 Å². The largest absolute Gasteiger partial charge is 0.496 e. The van der Waals surface area contributed by atoms with E-state index in [2.05, 4.69) is 66.4 Å². The molecule has 1 aromatic heterocycles. The molecule has 0 fully saturated rings. The summed E-state index contributed by atoms with van der Waals surface area (Å²) in [5.74, 6) is 0.978. The predicted molar refractivity (Wildman–Crippen MR) is 116 cm³/mol. The Morgan fingerprint density at radius 2 is 2.00 bits per heavy atom. The Hall–Kier alpha value is -2.40. The lowest BCUT2D eigenvalue weighted by Gasteiger charge is -2.24. The smallest absolute Gasteiger partial charge is 0.123 e. The summed E-state index contributed by atoms with van der Waals surface area (Å²) in [5.41, 5.74) is 6.28. The van der Waals surface area contributed by atoms with Crippen molar-refractivity contribution in [1.82, 2.24) is 9.78 Å². The van der Waals surface area contributed by atoms with Crippen LogP contribution in [-0.2, 0) is 13.6 Å². The number of benzene rings is 2. The van der Waals surface area contributed by atoms with Crippen molar-refractivity contribution in [3.63, 3.8) is 0 Å². The standard InChI is InChI=1S/C23H27N3OS/c1-16-9-10-20-23(13-16)28-22(19-7-5-6-8-21(19)27-4)11-12-26(20)15-18-14-25(3)24-17(18)2/h5-10,13-14,22H,11-12,15H2,1-4H3/t22-/m1/s1. The molecule has 1 aliphatic rings. The Morgan fingerprint density at radius 3 is 2.75 bits per heavy atom. The number of ether oxygens (including phenoxy) is 1. The molecule has 3 aromatic rings. The second-order valence-electron chi connectivity index (χ2n) is 7.44. The van der Waals surface area contributed by atoms with Crippen LogP contribution in [0, 0.1) is 13.8 Å². The fraction of sp³-hybridized carbons (Fsp3) is 0.348. The molecule has 0 saturated heterocycles. The van der Waals surface area contributed by atoms with Crippen LogP contribution in [0.15, 0.2) is 53.6 Å². The molecule has 0 N–H and O–H groups in total. The number of hydrogen-bond donors (Lipinski definition) is 0. The van der Waals surface area contributed by atoms with Crippen molar-refractivity contribution in [2.24, 2.45) is 7.05 Å². The van der Waals surface area contributed by atoms with Gasteiger partial charge in [0.05, 0.1) is 18.5 Å². The Bertz CT molecular complexity index is 982. The summed E-state index contributed by atoms with van der Waals surface area (Å²) in [7, 11) is 3.75. The highest BCUT2D eigenvalue weighted by Crippen LogP contribution is 2.47. The molecule has 0 saturated carbocycles. The summed E-state index contributed by atoms with van der Waals surface area (Å²) < 4.78 is 7.56. The van der Waals surface area contributed by atoms with Gasteiger partial charge in [0, 0.05) is 47.6 Å². The minimum Gasteiger partial charge on any atom is -0.496 e. The van der Waals surface area contributed by atoms with Gasteiger partial charge in [-0.1, -0.05) is 24.3 Å². The summed E-state index contributed by atoms with van der Waals surface area (Å²) in [6, 6.07) is 15.2. The molecule has 0 amide bonds. The van der Waals surface area contributed by atoms with Crippen molar-refractivity contribution in [2.75, 3.05) is 18.6 Å². The van der Waals surface area contributed by atoms with Crippen LogP contribution in [0.3, 0.4) is 0 Å². The lowest BCUT2D eigenvalue weighted by atomic mass is 10.1. The van der Waals surface area contributed by atoms with E-state index in [0.29, 0.717) is 5.25 Å². The highest BCUT2D eigenvalue weighted by Gasteiger charge is 2.26. The van der Waals surface area contributed by atoms with Crippen molar-refractivity contribution < 1.29 is 4.74 Å². The summed E-state index contributed by atoms with van der Waals surface area (Å²) in [6.45, 7) is 6.14. The molecular weight excluding hydrogens is 366 g/mol. The molecule has 0 unspecified atom stereocenters. The number of rotatable bonds is 4. The van der Waals surface area contributed by atoms with Crippen molar-refractivity contribution in [3.05, 3.63) is 71.0 Å². The van der Waals surface area contributed by atoms with E-state index in [1.165, 1.54) is 27.3 Å². The van der Waals surface area contributed by atoms with Gasteiger partial charge in [-0.3, -0.25) is 4.68 Å². The average Bonchev–Trinajstić information content (AvgIpc) is 2.90. The van der Waals surface area contributed by atoms with Crippen LogP contribution in [0.5, 0.6) is 5.75 Å². The Balaban J connectivity index is 1.69. The van der Waals surface area contributed by atoms with Gasteiger partial charge < -0.3 is 9.64 Å². The molecule has 2 aromatic carbocycles. The Labute approximate surface area is 171 Å². The van der Waals surface area contributed by atoms with Crippen molar-refractivity contribution in [3.8, 4) is 5.75 Å². The number of anilines is 1. The highest BCUT2D eigenvalue weighted by atomic mass is 32.2. The zero-order valence-corrected chi connectivity index (χ0v) is 17.8. The number of aryl methyl sites for hydroxylation is 3. The quantitative estimate of drug-likeness (QED) is 0.602. The maximum absolute atomic E-state index is 5.65. The third kappa shape index (κ3) is 3.76. The molecule has 0 aliphatic carbocycles. The fourth-order valence-electron chi connectivity index (χ4n) is 3.91. The van der Waals surface area contributed by atoms with Crippen LogP contribution >= 0.6 is 11.8 Å². The van der Waals surface area contributed by atoms with Gasteiger partial charge in [0.15, 0.2) is 0 Å². The molecule has 146 valence electrons. The van der Waals surface area contributed by atoms with E-state index in [1.807, 2.05) is 29.6 Å². The first kappa shape index (κ1) is 18.9. The summed E-state index contributed by atoms with van der Waals surface area (Å²) in [5, 5.41) is 4.90. The molecule has 28 heavy (non-hydrogen) atoms. The van der Waals surface area contributed by atoms with E-state index in [9.17, 15) is 0 Å². The average molecular weight is 394 g/mol. The van der Waals surface area contributed by atoms with Crippen LogP contribution in [0.2, 0.25) is 0 Å². The Morgan fingerprint density at radius 1 is 1.18 bits per heavy atom. The third-order valence-corrected chi connectivity index (χ3v) is 6.70. The van der Waals surface area contributed by atoms with Crippen LogP contribution in [0.4, 0.5) is 5.69 Å². The van der Waals surface area contributed by atoms with E-state index in [1.54, 1.807) is 7.11 Å². The minimum absolute atomic E-state index is 0.372. The van der Waals surface area contributed by atoms with Crippen LogP contribution in [0.25, 0.3) is 0 Å². The van der Waals surface area contributed by atoms with Gasteiger partial charge in [-0.25, -0.2) is 0 Å². The normalized spacial score (nSPS) is 16.6. The monoisotopic (exact) mass is 393 g/mol. The van der Waals surface area contributed by atoms with Gasteiger partial charge in [-0.15, -0.1) is 11.8 Å².